The summed E-state index contributed by atoms with van der Waals surface area (Å²) in [6.45, 7) is 2.85. The predicted octanol–water partition coefficient (Wildman–Crippen LogP) is 4.44. The minimum absolute atomic E-state index is 0.0957. The van der Waals surface area contributed by atoms with Gasteiger partial charge in [0.15, 0.2) is 5.65 Å². The molecule has 0 saturated carbocycles. The molecule has 0 bridgehead atoms. The van der Waals surface area contributed by atoms with E-state index in [0.717, 1.165) is 22.6 Å². The van der Waals surface area contributed by atoms with Gasteiger partial charge in [0.05, 0.1) is 17.0 Å². The molecule has 1 N–H and O–H groups in total. The fourth-order valence-corrected chi connectivity index (χ4v) is 4.86. The van der Waals surface area contributed by atoms with E-state index in [1.807, 2.05) is 47.9 Å². The Bertz CT molecular complexity index is 1350. The predicted molar refractivity (Wildman–Crippen MR) is 126 cm³/mol. The minimum atomic E-state index is -3.69. The molecule has 0 amide bonds. The second kappa shape index (κ2) is 9.28. The van der Waals surface area contributed by atoms with Gasteiger partial charge in [-0.15, -0.1) is 0 Å². The molecule has 0 radical (unpaired) electrons. The standard InChI is InChI=1S/C23H23ClN4O3S/c1-16-6-8-17(9-7-16)22-27-20-5-3-12-25-23(20)28(22)14-4-13-26-32(29,30)18-10-11-21(31-2)19(24)15-18/h3,5-12,15,26H,4,13-14H2,1-2H3. The number of nitrogens with one attached hydrogen (secondary N) is 1. The molecule has 166 valence electrons. The molecule has 0 fully saturated rings. The maximum absolute atomic E-state index is 12.6. The van der Waals surface area contributed by atoms with Crippen molar-refractivity contribution in [1.29, 1.82) is 0 Å². The Balaban J connectivity index is 1.50. The van der Waals surface area contributed by atoms with Gasteiger partial charge in [-0.05, 0) is 43.7 Å². The van der Waals surface area contributed by atoms with Crippen LogP contribution in [0.25, 0.3) is 22.6 Å². The number of nitrogens with zero attached hydrogens (tertiary/aromatic N) is 3. The van der Waals surface area contributed by atoms with Crippen molar-refractivity contribution in [3.8, 4) is 17.1 Å². The van der Waals surface area contributed by atoms with E-state index in [1.165, 1.54) is 30.9 Å². The topological polar surface area (TPSA) is 86.1 Å². The van der Waals surface area contributed by atoms with Crippen molar-refractivity contribution in [2.45, 2.75) is 24.8 Å². The lowest BCUT2D eigenvalue weighted by molar-refractivity contribution is 0.414. The van der Waals surface area contributed by atoms with Crippen LogP contribution in [0.15, 0.2) is 65.7 Å². The quantitative estimate of drug-likeness (QED) is 0.385. The summed E-state index contributed by atoms with van der Waals surface area (Å²) in [7, 11) is -2.21. The van der Waals surface area contributed by atoms with E-state index in [9.17, 15) is 8.42 Å². The summed E-state index contributed by atoms with van der Waals surface area (Å²) in [4.78, 5) is 9.33. The molecule has 9 heteroatoms. The van der Waals surface area contributed by atoms with Gasteiger partial charge in [0.2, 0.25) is 10.0 Å². The van der Waals surface area contributed by atoms with Crippen molar-refractivity contribution in [1.82, 2.24) is 19.3 Å². The molecule has 2 aromatic heterocycles. The van der Waals surface area contributed by atoms with Gasteiger partial charge in [-0.1, -0.05) is 41.4 Å². The molecule has 0 saturated heterocycles. The Kier molecular flexibility index (Phi) is 6.45. The number of benzene rings is 2. The SMILES string of the molecule is COc1ccc(S(=O)(=O)NCCCn2c(-c3ccc(C)cc3)nc3cccnc32)cc1Cl. The monoisotopic (exact) mass is 470 g/mol. The molecular weight excluding hydrogens is 448 g/mol. The highest BCUT2D eigenvalue weighted by atomic mass is 35.5. The maximum Gasteiger partial charge on any atom is 0.240 e. The van der Waals surface area contributed by atoms with E-state index in [4.69, 9.17) is 21.3 Å². The first-order chi connectivity index (χ1) is 15.4. The first kappa shape index (κ1) is 22.3. The first-order valence-corrected chi connectivity index (χ1v) is 12.0. The van der Waals surface area contributed by atoms with Crippen LogP contribution in [0.5, 0.6) is 5.75 Å². The molecule has 2 aromatic carbocycles. The maximum atomic E-state index is 12.6. The molecule has 0 aliphatic carbocycles. The van der Waals surface area contributed by atoms with E-state index >= 15 is 0 Å². The molecular formula is C23H23ClN4O3S. The lowest BCUT2D eigenvalue weighted by atomic mass is 10.1. The smallest absolute Gasteiger partial charge is 0.240 e. The highest BCUT2D eigenvalue weighted by Gasteiger charge is 2.17. The van der Waals surface area contributed by atoms with Crippen LogP contribution in [-0.2, 0) is 16.6 Å². The number of fused-ring (bicyclic) bond motifs is 1. The Hall–Kier alpha value is -2.94. The van der Waals surface area contributed by atoms with E-state index in [1.54, 1.807) is 6.20 Å². The van der Waals surface area contributed by atoms with Gasteiger partial charge in [-0.2, -0.15) is 0 Å². The summed E-state index contributed by atoms with van der Waals surface area (Å²) in [5.41, 5.74) is 3.73. The number of methoxy groups -OCH3 is 1. The van der Waals surface area contributed by atoms with Gasteiger partial charge in [0, 0.05) is 24.8 Å². The van der Waals surface area contributed by atoms with E-state index in [2.05, 4.69) is 9.71 Å². The number of aryl methyl sites for hydroxylation is 2. The zero-order chi connectivity index (χ0) is 22.7. The molecule has 0 spiro atoms. The van der Waals surface area contributed by atoms with Crippen LogP contribution in [0.3, 0.4) is 0 Å². The second-order valence-corrected chi connectivity index (χ2v) is 9.52. The van der Waals surface area contributed by atoms with Gasteiger partial charge in [0.25, 0.3) is 0 Å². The van der Waals surface area contributed by atoms with Gasteiger partial charge in [0.1, 0.15) is 17.1 Å². The van der Waals surface area contributed by atoms with Gasteiger partial charge in [-0.25, -0.2) is 23.1 Å². The third-order valence-electron chi connectivity index (χ3n) is 5.10. The fourth-order valence-electron chi connectivity index (χ4n) is 3.43. The van der Waals surface area contributed by atoms with Crippen molar-refractivity contribution in [3.05, 3.63) is 71.4 Å². The average molecular weight is 471 g/mol. The number of hydrogen-bond donors (Lipinski definition) is 1. The van der Waals surface area contributed by atoms with Crippen molar-refractivity contribution >= 4 is 32.8 Å². The highest BCUT2D eigenvalue weighted by Crippen LogP contribution is 2.27. The first-order valence-electron chi connectivity index (χ1n) is 10.1. The van der Waals surface area contributed by atoms with Crippen molar-refractivity contribution < 1.29 is 13.2 Å². The van der Waals surface area contributed by atoms with E-state index in [0.29, 0.717) is 18.7 Å². The molecule has 0 aliphatic rings. The van der Waals surface area contributed by atoms with Gasteiger partial charge < -0.3 is 9.30 Å². The van der Waals surface area contributed by atoms with Crippen LogP contribution in [0, 0.1) is 6.92 Å². The van der Waals surface area contributed by atoms with Crippen molar-refractivity contribution in [3.63, 3.8) is 0 Å². The van der Waals surface area contributed by atoms with Crippen molar-refractivity contribution in [2.75, 3.05) is 13.7 Å². The van der Waals surface area contributed by atoms with Gasteiger partial charge >= 0.3 is 0 Å². The Morgan fingerprint density at radius 3 is 2.62 bits per heavy atom. The average Bonchev–Trinajstić information content (AvgIpc) is 3.15. The number of pyridine rings is 1. The molecule has 32 heavy (non-hydrogen) atoms. The minimum Gasteiger partial charge on any atom is -0.495 e. The highest BCUT2D eigenvalue weighted by molar-refractivity contribution is 7.89. The molecule has 0 atom stereocenters. The molecule has 4 rings (SSSR count). The molecule has 2 heterocycles. The number of rotatable bonds is 8. The zero-order valence-corrected chi connectivity index (χ0v) is 19.3. The van der Waals surface area contributed by atoms with Crippen LogP contribution in [0.4, 0.5) is 0 Å². The normalized spacial score (nSPS) is 11.7. The summed E-state index contributed by atoms with van der Waals surface area (Å²) < 4.78 is 35.0. The molecule has 0 aliphatic heterocycles. The summed E-state index contributed by atoms with van der Waals surface area (Å²) in [5, 5.41) is 0.245. The Labute approximate surface area is 192 Å². The molecule has 4 aromatic rings. The third-order valence-corrected chi connectivity index (χ3v) is 6.85. The zero-order valence-electron chi connectivity index (χ0n) is 17.7. The van der Waals surface area contributed by atoms with Crippen LogP contribution in [0.1, 0.15) is 12.0 Å². The summed E-state index contributed by atoms with van der Waals surface area (Å²) >= 11 is 6.07. The Morgan fingerprint density at radius 1 is 1.12 bits per heavy atom. The van der Waals surface area contributed by atoms with Crippen molar-refractivity contribution in [2.24, 2.45) is 0 Å². The summed E-state index contributed by atoms with van der Waals surface area (Å²) in [6.07, 6.45) is 2.29. The third kappa shape index (κ3) is 4.62. The number of aromatic nitrogens is 3. The fraction of sp³-hybridized carbons (Fsp3) is 0.217. The van der Waals surface area contributed by atoms with Gasteiger partial charge in [-0.3, -0.25) is 0 Å². The van der Waals surface area contributed by atoms with Crippen LogP contribution in [-0.4, -0.2) is 36.6 Å². The van der Waals surface area contributed by atoms with E-state index < -0.39 is 10.0 Å². The lowest BCUT2D eigenvalue weighted by Crippen LogP contribution is -2.25. The lowest BCUT2D eigenvalue weighted by Gasteiger charge is -2.11. The number of hydrogen-bond acceptors (Lipinski definition) is 5. The second-order valence-electron chi connectivity index (χ2n) is 7.35. The molecule has 7 nitrogen and oxygen atoms in total. The summed E-state index contributed by atoms with van der Waals surface area (Å²) in [6, 6.07) is 16.3. The number of halogens is 1. The van der Waals surface area contributed by atoms with Crippen LogP contribution in [0.2, 0.25) is 5.02 Å². The number of ether oxygens (including phenoxy) is 1. The largest absolute Gasteiger partial charge is 0.495 e. The molecule has 0 unspecified atom stereocenters. The van der Waals surface area contributed by atoms with Crippen LogP contribution >= 0.6 is 11.6 Å². The van der Waals surface area contributed by atoms with E-state index in [-0.39, 0.29) is 16.5 Å². The number of imidazole rings is 1. The van der Waals surface area contributed by atoms with Crippen LogP contribution < -0.4 is 9.46 Å². The Morgan fingerprint density at radius 2 is 1.91 bits per heavy atom. The number of sulfonamides is 1. The summed E-state index contributed by atoms with van der Waals surface area (Å²) in [5.74, 6) is 1.23.